The molecule has 0 aliphatic carbocycles. The number of piperidine rings is 1. The first-order valence-corrected chi connectivity index (χ1v) is 12.7. The van der Waals surface area contributed by atoms with E-state index in [2.05, 4.69) is 11.6 Å². The van der Waals surface area contributed by atoms with Crippen molar-refractivity contribution in [2.75, 3.05) is 13.1 Å². The molecule has 1 fully saturated rings. The molecule has 1 saturated heterocycles. The van der Waals surface area contributed by atoms with Gasteiger partial charge >= 0.3 is 0 Å². The second-order valence-electron chi connectivity index (χ2n) is 7.48. The van der Waals surface area contributed by atoms with E-state index in [-0.39, 0.29) is 35.6 Å². The first kappa shape index (κ1) is 22.8. The molecule has 2 heterocycles. The largest absolute Gasteiger partial charge is 0.313 e. The molecule has 2 aromatic carbocycles. The zero-order valence-electron chi connectivity index (χ0n) is 17.1. The molecule has 0 bridgehead atoms. The van der Waals surface area contributed by atoms with E-state index in [1.54, 1.807) is 24.3 Å². The summed E-state index contributed by atoms with van der Waals surface area (Å²) in [6.45, 7) is 4.66. The predicted octanol–water partition coefficient (Wildman–Crippen LogP) is 4.21. The molecule has 4 rings (SSSR count). The zero-order chi connectivity index (χ0) is 22.9. The summed E-state index contributed by atoms with van der Waals surface area (Å²) in [4.78, 5) is 17.8. The zero-order valence-corrected chi connectivity index (χ0v) is 19.5. The van der Waals surface area contributed by atoms with Crippen LogP contribution in [0.1, 0.15) is 12.8 Å². The van der Waals surface area contributed by atoms with Gasteiger partial charge in [-0.1, -0.05) is 29.0 Å². The van der Waals surface area contributed by atoms with Gasteiger partial charge in [0, 0.05) is 30.6 Å². The number of carbonyl (C=O) groups excluding carboxylic acids is 1. The van der Waals surface area contributed by atoms with Gasteiger partial charge < -0.3 is 4.57 Å². The smallest absolute Gasteiger partial charge is 0.251 e. The summed E-state index contributed by atoms with van der Waals surface area (Å²) < 4.78 is 43.2. The van der Waals surface area contributed by atoms with Crippen LogP contribution >= 0.6 is 22.9 Å². The SMILES string of the molecule is C=CCn1c(=NC(=O)C2CCN(S(=O)(=O)c3ccc(Cl)cc3)CC2)sc2cc(F)ccc21. The van der Waals surface area contributed by atoms with Crippen molar-refractivity contribution in [2.24, 2.45) is 10.9 Å². The van der Waals surface area contributed by atoms with Crippen LogP contribution in [0.2, 0.25) is 5.02 Å². The van der Waals surface area contributed by atoms with Gasteiger partial charge in [0.15, 0.2) is 4.80 Å². The Kier molecular flexibility index (Phi) is 6.62. The number of benzene rings is 2. The van der Waals surface area contributed by atoms with E-state index < -0.39 is 10.0 Å². The maximum Gasteiger partial charge on any atom is 0.251 e. The highest BCUT2D eigenvalue weighted by Crippen LogP contribution is 2.26. The van der Waals surface area contributed by atoms with Gasteiger partial charge in [-0.2, -0.15) is 9.30 Å². The highest BCUT2D eigenvalue weighted by Gasteiger charge is 2.32. The third-order valence-corrected chi connectivity index (χ3v) is 8.62. The Bertz CT molecular complexity index is 1340. The van der Waals surface area contributed by atoms with E-state index in [9.17, 15) is 17.6 Å². The van der Waals surface area contributed by atoms with Gasteiger partial charge in [0.2, 0.25) is 10.0 Å². The molecule has 0 N–H and O–H groups in total. The average Bonchev–Trinajstić information content (AvgIpc) is 3.10. The maximum absolute atomic E-state index is 13.6. The third-order valence-electron chi connectivity index (χ3n) is 5.42. The second-order valence-corrected chi connectivity index (χ2v) is 10.9. The minimum absolute atomic E-state index is 0.180. The minimum Gasteiger partial charge on any atom is -0.313 e. The van der Waals surface area contributed by atoms with Crippen molar-refractivity contribution in [3.05, 3.63) is 70.8 Å². The summed E-state index contributed by atoms with van der Waals surface area (Å²) in [6.07, 6.45) is 2.46. The number of allylic oxidation sites excluding steroid dienone is 1. The number of hydrogen-bond acceptors (Lipinski definition) is 4. The molecule has 0 spiro atoms. The number of aromatic nitrogens is 1. The summed E-state index contributed by atoms with van der Waals surface area (Å²) in [5.74, 6) is -1.01. The number of hydrogen-bond donors (Lipinski definition) is 0. The van der Waals surface area contributed by atoms with E-state index in [1.165, 1.54) is 39.9 Å². The van der Waals surface area contributed by atoms with Crippen molar-refractivity contribution in [1.29, 1.82) is 0 Å². The van der Waals surface area contributed by atoms with Crippen molar-refractivity contribution < 1.29 is 17.6 Å². The Labute approximate surface area is 194 Å². The molecule has 0 unspecified atom stereocenters. The highest BCUT2D eigenvalue weighted by atomic mass is 35.5. The van der Waals surface area contributed by atoms with Gasteiger partial charge in [-0.15, -0.1) is 6.58 Å². The third kappa shape index (κ3) is 4.56. The summed E-state index contributed by atoms with van der Waals surface area (Å²) in [7, 11) is -3.64. The lowest BCUT2D eigenvalue weighted by Crippen LogP contribution is -2.40. The maximum atomic E-state index is 13.6. The van der Waals surface area contributed by atoms with Crippen LogP contribution in [0.25, 0.3) is 10.2 Å². The van der Waals surface area contributed by atoms with Crippen molar-refractivity contribution in [1.82, 2.24) is 8.87 Å². The Balaban J connectivity index is 1.53. The molecular weight excluding hydrogens is 473 g/mol. The van der Waals surface area contributed by atoms with E-state index in [1.807, 2.05) is 4.57 Å². The van der Waals surface area contributed by atoms with Gasteiger partial charge in [0.1, 0.15) is 5.82 Å². The fourth-order valence-corrected chi connectivity index (χ4v) is 6.39. The lowest BCUT2D eigenvalue weighted by Gasteiger charge is -2.29. The average molecular weight is 494 g/mol. The number of amides is 1. The van der Waals surface area contributed by atoms with Gasteiger partial charge in [-0.05, 0) is 55.3 Å². The van der Waals surface area contributed by atoms with Crippen LogP contribution in [0.4, 0.5) is 4.39 Å². The molecule has 1 aromatic heterocycles. The second kappa shape index (κ2) is 9.27. The molecule has 32 heavy (non-hydrogen) atoms. The van der Waals surface area contributed by atoms with Crippen molar-refractivity contribution in [2.45, 2.75) is 24.3 Å². The van der Waals surface area contributed by atoms with E-state index >= 15 is 0 Å². The molecule has 0 radical (unpaired) electrons. The van der Waals surface area contributed by atoms with E-state index in [0.29, 0.717) is 33.9 Å². The number of rotatable bonds is 5. The summed E-state index contributed by atoms with van der Waals surface area (Å²) in [6, 6.07) is 10.5. The van der Waals surface area contributed by atoms with Crippen molar-refractivity contribution in [3.63, 3.8) is 0 Å². The quantitative estimate of drug-likeness (QED) is 0.500. The fourth-order valence-electron chi connectivity index (χ4n) is 3.72. The van der Waals surface area contributed by atoms with Gasteiger partial charge in [-0.25, -0.2) is 12.8 Å². The van der Waals surface area contributed by atoms with Crippen LogP contribution in [0, 0.1) is 11.7 Å². The lowest BCUT2D eigenvalue weighted by molar-refractivity contribution is -0.122. The summed E-state index contributed by atoms with van der Waals surface area (Å²) in [5, 5.41) is 0.465. The first-order valence-electron chi connectivity index (χ1n) is 10.0. The molecule has 0 saturated carbocycles. The molecule has 1 aliphatic heterocycles. The highest BCUT2D eigenvalue weighted by molar-refractivity contribution is 7.89. The molecule has 10 heteroatoms. The summed E-state index contributed by atoms with van der Waals surface area (Å²) in [5.41, 5.74) is 0.784. The standard InChI is InChI=1S/C22H21ClFN3O3S2/c1-2-11-27-19-8-5-17(24)14-20(19)31-22(27)25-21(28)15-9-12-26(13-10-15)32(29,30)18-6-3-16(23)4-7-18/h2-8,14-15H,1,9-13H2. The van der Waals surface area contributed by atoms with Gasteiger partial charge in [0.05, 0.1) is 15.1 Å². The molecule has 1 amide bonds. The van der Waals surface area contributed by atoms with Crippen LogP contribution in [0.15, 0.2) is 65.0 Å². The fraction of sp³-hybridized carbons (Fsp3) is 0.273. The number of thiazole rings is 1. The van der Waals surface area contributed by atoms with E-state index in [0.717, 1.165) is 5.52 Å². The van der Waals surface area contributed by atoms with Crippen LogP contribution in [-0.4, -0.2) is 36.3 Å². The molecule has 1 aliphatic rings. The van der Waals surface area contributed by atoms with Gasteiger partial charge in [0.25, 0.3) is 5.91 Å². The lowest BCUT2D eigenvalue weighted by atomic mass is 9.98. The molecule has 6 nitrogen and oxygen atoms in total. The monoisotopic (exact) mass is 493 g/mol. The van der Waals surface area contributed by atoms with Crippen molar-refractivity contribution >= 4 is 49.1 Å². The number of nitrogens with zero attached hydrogens (tertiary/aromatic N) is 3. The van der Waals surface area contributed by atoms with Crippen LogP contribution in [0.5, 0.6) is 0 Å². The number of carbonyl (C=O) groups is 1. The molecule has 3 aromatic rings. The van der Waals surface area contributed by atoms with Crippen molar-refractivity contribution in [3.8, 4) is 0 Å². The predicted molar refractivity (Wildman–Crippen MR) is 123 cm³/mol. The first-order chi connectivity index (χ1) is 15.3. The topological polar surface area (TPSA) is 71.7 Å². The van der Waals surface area contributed by atoms with Crippen LogP contribution < -0.4 is 4.80 Å². The number of sulfonamides is 1. The minimum atomic E-state index is -3.64. The molecule has 0 atom stereocenters. The Hall–Kier alpha value is -2.33. The molecule has 168 valence electrons. The number of fused-ring (bicyclic) bond motifs is 1. The Morgan fingerprint density at radius 1 is 1.22 bits per heavy atom. The van der Waals surface area contributed by atoms with Crippen LogP contribution in [0.3, 0.4) is 0 Å². The summed E-state index contributed by atoms with van der Waals surface area (Å²) >= 11 is 7.10. The number of halogens is 2. The normalized spacial score (nSPS) is 16.5. The Morgan fingerprint density at radius 3 is 2.56 bits per heavy atom. The van der Waals surface area contributed by atoms with Gasteiger partial charge in [-0.3, -0.25) is 4.79 Å². The molecular formula is C22H21ClFN3O3S2. The Morgan fingerprint density at radius 2 is 1.91 bits per heavy atom. The van der Waals surface area contributed by atoms with E-state index in [4.69, 9.17) is 11.6 Å². The van der Waals surface area contributed by atoms with Crippen LogP contribution in [-0.2, 0) is 21.4 Å².